The number of nitro groups is 1. The molecule has 0 saturated heterocycles. The van der Waals surface area contributed by atoms with Crippen molar-refractivity contribution in [1.29, 1.82) is 0 Å². The van der Waals surface area contributed by atoms with Gasteiger partial charge in [-0.2, -0.15) is 9.78 Å². The van der Waals surface area contributed by atoms with Gasteiger partial charge in [0.25, 0.3) is 0 Å². The Morgan fingerprint density at radius 3 is 2.67 bits per heavy atom. The van der Waals surface area contributed by atoms with Crippen LogP contribution in [0.1, 0.15) is 25.5 Å². The third-order valence-electron chi connectivity index (χ3n) is 3.14. The molecule has 0 bridgehead atoms. The first-order valence-electron chi connectivity index (χ1n) is 6.37. The van der Waals surface area contributed by atoms with Gasteiger partial charge in [0.1, 0.15) is 5.69 Å². The number of fused-ring (bicyclic) bond motifs is 1. The van der Waals surface area contributed by atoms with Crippen LogP contribution in [-0.4, -0.2) is 24.7 Å². The highest BCUT2D eigenvalue weighted by atomic mass is 35.5. The van der Waals surface area contributed by atoms with E-state index in [-0.39, 0.29) is 16.8 Å². The summed E-state index contributed by atoms with van der Waals surface area (Å²) in [5.41, 5.74) is 1.72. The quantitative estimate of drug-likeness (QED) is 0.593. The molecular formula is C13H12ClN5O2. The van der Waals surface area contributed by atoms with Crippen molar-refractivity contribution < 1.29 is 4.92 Å². The normalized spacial score (nSPS) is 11.4. The maximum atomic E-state index is 11.2. The number of benzene rings is 1. The number of halogens is 1. The number of hydrogen-bond donors (Lipinski definition) is 1. The number of aromatic amines is 1. The smallest absolute Gasteiger partial charge is 0.322 e. The van der Waals surface area contributed by atoms with E-state index in [2.05, 4.69) is 15.1 Å². The molecule has 3 aromatic rings. The van der Waals surface area contributed by atoms with Gasteiger partial charge in [-0.15, -0.1) is 0 Å². The summed E-state index contributed by atoms with van der Waals surface area (Å²) in [4.78, 5) is 18.1. The molecule has 21 heavy (non-hydrogen) atoms. The van der Waals surface area contributed by atoms with E-state index in [9.17, 15) is 10.1 Å². The van der Waals surface area contributed by atoms with E-state index >= 15 is 0 Å². The molecule has 0 unspecified atom stereocenters. The average Bonchev–Trinajstić information content (AvgIpc) is 2.98. The van der Waals surface area contributed by atoms with Gasteiger partial charge in [-0.05, 0) is 12.1 Å². The van der Waals surface area contributed by atoms with Crippen LogP contribution < -0.4 is 0 Å². The van der Waals surface area contributed by atoms with Crippen LogP contribution in [0.4, 0.5) is 5.69 Å². The fourth-order valence-electron chi connectivity index (χ4n) is 2.14. The highest BCUT2D eigenvalue weighted by Gasteiger charge is 2.29. The van der Waals surface area contributed by atoms with Gasteiger partial charge < -0.3 is 4.98 Å². The molecule has 7 nitrogen and oxygen atoms in total. The van der Waals surface area contributed by atoms with Crippen LogP contribution in [0.2, 0.25) is 5.15 Å². The molecule has 0 amide bonds. The molecule has 0 atom stereocenters. The number of imidazole rings is 1. The molecule has 2 aromatic heterocycles. The van der Waals surface area contributed by atoms with Gasteiger partial charge in [0.15, 0.2) is 0 Å². The van der Waals surface area contributed by atoms with Gasteiger partial charge in [0.05, 0.1) is 16.0 Å². The zero-order valence-electron chi connectivity index (χ0n) is 11.4. The lowest BCUT2D eigenvalue weighted by Gasteiger charge is -1.97. The lowest BCUT2D eigenvalue weighted by atomic mass is 10.1. The van der Waals surface area contributed by atoms with Crippen LogP contribution in [0.15, 0.2) is 24.3 Å². The molecular weight excluding hydrogens is 294 g/mol. The van der Waals surface area contributed by atoms with Crippen LogP contribution in [0, 0.1) is 10.1 Å². The van der Waals surface area contributed by atoms with Crippen molar-refractivity contribution in [2.75, 3.05) is 0 Å². The number of aromatic nitrogens is 4. The monoisotopic (exact) mass is 305 g/mol. The zero-order chi connectivity index (χ0) is 15.1. The Hall–Kier alpha value is -2.41. The molecule has 0 aliphatic carbocycles. The zero-order valence-corrected chi connectivity index (χ0v) is 12.1. The highest BCUT2D eigenvalue weighted by Crippen LogP contribution is 2.34. The Kier molecular flexibility index (Phi) is 3.13. The number of nitrogens with zero attached hydrogens (tertiary/aromatic N) is 4. The van der Waals surface area contributed by atoms with Crippen molar-refractivity contribution in [3.63, 3.8) is 0 Å². The average molecular weight is 306 g/mol. The second-order valence-electron chi connectivity index (χ2n) is 4.93. The Morgan fingerprint density at radius 1 is 1.38 bits per heavy atom. The van der Waals surface area contributed by atoms with Gasteiger partial charge in [0.2, 0.25) is 11.1 Å². The van der Waals surface area contributed by atoms with E-state index in [4.69, 9.17) is 11.6 Å². The fraction of sp³-hybridized carbons (Fsp3) is 0.231. The van der Waals surface area contributed by atoms with Gasteiger partial charge in [-0.25, -0.2) is 4.98 Å². The molecule has 1 aromatic carbocycles. The second-order valence-corrected chi connectivity index (χ2v) is 5.28. The van der Waals surface area contributed by atoms with Gasteiger partial charge in [-0.3, -0.25) is 10.1 Å². The highest BCUT2D eigenvalue weighted by molar-refractivity contribution is 6.32. The van der Waals surface area contributed by atoms with Crippen LogP contribution in [0.5, 0.6) is 0 Å². The van der Waals surface area contributed by atoms with Crippen molar-refractivity contribution in [3.8, 4) is 5.95 Å². The summed E-state index contributed by atoms with van der Waals surface area (Å²) in [7, 11) is 0. The van der Waals surface area contributed by atoms with Crippen molar-refractivity contribution in [1.82, 2.24) is 19.7 Å². The van der Waals surface area contributed by atoms with Crippen molar-refractivity contribution in [2.45, 2.75) is 19.8 Å². The SMILES string of the molecule is CC(C)c1nn(-c2nc3ccccc3[nH]2)c(Cl)c1[N+](=O)[O-]. The van der Waals surface area contributed by atoms with Gasteiger partial charge in [0, 0.05) is 5.92 Å². The predicted molar refractivity (Wildman–Crippen MR) is 79.0 cm³/mol. The largest absolute Gasteiger partial charge is 0.329 e. The van der Waals surface area contributed by atoms with E-state index < -0.39 is 4.92 Å². The lowest BCUT2D eigenvalue weighted by molar-refractivity contribution is -0.385. The molecule has 108 valence electrons. The van der Waals surface area contributed by atoms with Crippen molar-refractivity contribution in [2.24, 2.45) is 0 Å². The minimum Gasteiger partial charge on any atom is -0.322 e. The Morgan fingerprint density at radius 2 is 2.10 bits per heavy atom. The molecule has 0 radical (unpaired) electrons. The molecule has 2 heterocycles. The first-order chi connectivity index (χ1) is 9.99. The van der Waals surface area contributed by atoms with E-state index in [0.717, 1.165) is 11.0 Å². The molecule has 1 N–H and O–H groups in total. The molecule has 8 heteroatoms. The van der Waals surface area contributed by atoms with Gasteiger partial charge >= 0.3 is 5.69 Å². The third-order valence-corrected chi connectivity index (χ3v) is 3.48. The number of nitrogens with one attached hydrogen (secondary N) is 1. The van der Waals surface area contributed by atoms with Crippen LogP contribution in [0.3, 0.4) is 0 Å². The summed E-state index contributed by atoms with van der Waals surface area (Å²) in [5.74, 6) is 0.240. The summed E-state index contributed by atoms with van der Waals surface area (Å²) in [6.07, 6.45) is 0. The number of para-hydroxylation sites is 2. The maximum absolute atomic E-state index is 11.2. The minimum absolute atomic E-state index is 0.0530. The van der Waals surface area contributed by atoms with E-state index in [1.807, 2.05) is 38.1 Å². The van der Waals surface area contributed by atoms with Crippen LogP contribution in [0.25, 0.3) is 17.0 Å². The summed E-state index contributed by atoms with van der Waals surface area (Å²) >= 11 is 6.13. The molecule has 0 aliphatic heterocycles. The molecule has 3 rings (SSSR count). The van der Waals surface area contributed by atoms with Crippen molar-refractivity contribution in [3.05, 3.63) is 45.2 Å². The topological polar surface area (TPSA) is 89.6 Å². The van der Waals surface area contributed by atoms with Crippen LogP contribution >= 0.6 is 11.6 Å². The minimum atomic E-state index is -0.510. The van der Waals surface area contributed by atoms with E-state index in [1.54, 1.807) is 0 Å². The van der Waals surface area contributed by atoms with Crippen LogP contribution in [-0.2, 0) is 0 Å². The maximum Gasteiger partial charge on any atom is 0.329 e. The number of rotatable bonds is 3. The first kappa shape index (κ1) is 13.6. The summed E-state index contributed by atoms with van der Waals surface area (Å²) in [5, 5.41) is 15.4. The fourth-order valence-corrected chi connectivity index (χ4v) is 2.43. The summed E-state index contributed by atoms with van der Waals surface area (Å²) in [6.45, 7) is 3.66. The molecule has 0 spiro atoms. The number of hydrogen-bond acceptors (Lipinski definition) is 4. The summed E-state index contributed by atoms with van der Waals surface area (Å²) in [6, 6.07) is 7.43. The molecule has 0 fully saturated rings. The Balaban J connectivity index is 2.22. The Bertz CT molecular complexity index is 803. The predicted octanol–water partition coefficient (Wildman–Crippen LogP) is 3.43. The van der Waals surface area contributed by atoms with Gasteiger partial charge in [-0.1, -0.05) is 37.6 Å². The second kappa shape index (κ2) is 4.85. The Labute approximate surface area is 124 Å². The number of H-pyrrole nitrogens is 1. The standard InChI is InChI=1S/C13H12ClN5O2/c1-7(2)10-11(19(20)21)12(14)18(17-10)13-15-8-5-3-4-6-9(8)16-13/h3-7H,1-2H3,(H,15,16). The van der Waals surface area contributed by atoms with E-state index in [1.165, 1.54) is 4.68 Å². The lowest BCUT2D eigenvalue weighted by Crippen LogP contribution is -2.00. The third kappa shape index (κ3) is 2.15. The first-order valence-corrected chi connectivity index (χ1v) is 6.74. The molecule has 0 saturated carbocycles. The van der Waals surface area contributed by atoms with Crippen molar-refractivity contribution >= 4 is 28.3 Å². The van der Waals surface area contributed by atoms with E-state index in [0.29, 0.717) is 11.6 Å². The molecule has 0 aliphatic rings. The summed E-state index contributed by atoms with van der Waals surface area (Å²) < 4.78 is 1.27.